The molecule has 0 amide bonds. The van der Waals surface area contributed by atoms with Crippen molar-refractivity contribution in [3.05, 3.63) is 117 Å². The second-order valence-electron chi connectivity index (χ2n) is 8.70. The molecule has 0 spiro atoms. The molecule has 0 fully saturated rings. The molecular formula is C27H21ClFN3O2. The maximum atomic E-state index is 13.4. The van der Waals surface area contributed by atoms with Crippen LogP contribution in [0.25, 0.3) is 22.3 Å². The molecule has 170 valence electrons. The van der Waals surface area contributed by atoms with E-state index < -0.39 is 5.41 Å². The molecule has 0 N–H and O–H groups in total. The first-order valence-corrected chi connectivity index (χ1v) is 11.2. The zero-order valence-corrected chi connectivity index (χ0v) is 19.4. The molecule has 0 unspecified atom stereocenters. The van der Waals surface area contributed by atoms with Gasteiger partial charge in [0.2, 0.25) is 17.1 Å². The van der Waals surface area contributed by atoms with Gasteiger partial charge in [0.1, 0.15) is 5.82 Å². The van der Waals surface area contributed by atoms with Crippen LogP contribution < -0.4 is 5.43 Å². The fourth-order valence-electron chi connectivity index (χ4n) is 4.00. The molecule has 0 bridgehead atoms. The lowest BCUT2D eigenvalue weighted by molar-refractivity contribution is 0.332. The Morgan fingerprint density at radius 1 is 1.00 bits per heavy atom. The van der Waals surface area contributed by atoms with Gasteiger partial charge in [-0.1, -0.05) is 53.2 Å². The Hall–Kier alpha value is -3.77. The van der Waals surface area contributed by atoms with Crippen LogP contribution in [0.15, 0.2) is 88.3 Å². The lowest BCUT2D eigenvalue weighted by Crippen LogP contribution is -2.19. The van der Waals surface area contributed by atoms with Crippen molar-refractivity contribution in [3.63, 3.8) is 0 Å². The molecule has 2 heterocycles. The van der Waals surface area contributed by atoms with E-state index >= 15 is 0 Å². The first-order chi connectivity index (χ1) is 16.3. The van der Waals surface area contributed by atoms with Crippen molar-refractivity contribution >= 4 is 22.5 Å². The van der Waals surface area contributed by atoms with Crippen LogP contribution in [0.1, 0.15) is 30.9 Å². The molecule has 0 atom stereocenters. The fourth-order valence-corrected chi connectivity index (χ4v) is 4.12. The van der Waals surface area contributed by atoms with Gasteiger partial charge in [0.25, 0.3) is 0 Å². The van der Waals surface area contributed by atoms with E-state index in [-0.39, 0.29) is 17.1 Å². The fraction of sp³-hybridized carbons (Fsp3) is 0.148. The molecule has 5 rings (SSSR count). The van der Waals surface area contributed by atoms with Crippen LogP contribution in [-0.4, -0.2) is 14.7 Å². The number of rotatable bonds is 5. The van der Waals surface area contributed by atoms with Crippen LogP contribution in [0.5, 0.6) is 0 Å². The van der Waals surface area contributed by atoms with Gasteiger partial charge in [-0.05, 0) is 61.4 Å². The molecule has 0 radical (unpaired) electrons. The Morgan fingerprint density at radius 3 is 2.44 bits per heavy atom. The monoisotopic (exact) mass is 473 g/mol. The van der Waals surface area contributed by atoms with E-state index in [1.54, 1.807) is 24.4 Å². The third-order valence-corrected chi connectivity index (χ3v) is 6.27. The molecule has 3 aromatic carbocycles. The molecule has 0 saturated heterocycles. The van der Waals surface area contributed by atoms with E-state index in [9.17, 15) is 9.18 Å². The predicted molar refractivity (Wildman–Crippen MR) is 131 cm³/mol. The summed E-state index contributed by atoms with van der Waals surface area (Å²) in [4.78, 5) is 17.9. The van der Waals surface area contributed by atoms with Gasteiger partial charge in [0, 0.05) is 23.2 Å². The van der Waals surface area contributed by atoms with Crippen molar-refractivity contribution in [2.75, 3.05) is 0 Å². The standard InChI is InChI=1S/C27H21ClFN3O2/c1-27(2,18-9-13-20(29)14-10-18)26-30-25(31-34-26)22-16-32(15-17-7-11-19(28)12-8-17)23-6-4-3-5-21(23)24(22)33/h3-14,16H,15H2,1-2H3. The molecule has 0 aliphatic carbocycles. The Morgan fingerprint density at radius 2 is 1.71 bits per heavy atom. The van der Waals surface area contributed by atoms with Gasteiger partial charge in [0.05, 0.1) is 16.5 Å². The lowest BCUT2D eigenvalue weighted by atomic mass is 9.84. The van der Waals surface area contributed by atoms with Crippen LogP contribution in [-0.2, 0) is 12.0 Å². The first kappa shape index (κ1) is 22.0. The SMILES string of the molecule is CC(C)(c1ccc(F)cc1)c1nc(-c2cn(Cc3ccc(Cl)cc3)c3ccccc3c2=O)no1. The number of hydrogen-bond acceptors (Lipinski definition) is 4. The van der Waals surface area contributed by atoms with Gasteiger partial charge in [-0.2, -0.15) is 4.98 Å². The lowest BCUT2D eigenvalue weighted by Gasteiger charge is -2.20. The smallest absolute Gasteiger partial charge is 0.237 e. The van der Waals surface area contributed by atoms with Crippen molar-refractivity contribution in [3.8, 4) is 11.4 Å². The summed E-state index contributed by atoms with van der Waals surface area (Å²) in [5, 5.41) is 5.36. The molecular weight excluding hydrogens is 453 g/mol. The molecule has 5 aromatic rings. The van der Waals surface area contributed by atoms with E-state index in [0.717, 1.165) is 16.6 Å². The number of halogens is 2. The van der Waals surface area contributed by atoms with Crippen molar-refractivity contribution in [1.82, 2.24) is 14.7 Å². The second kappa shape index (κ2) is 8.54. The van der Waals surface area contributed by atoms with Gasteiger partial charge in [-0.15, -0.1) is 0 Å². The number of fused-ring (bicyclic) bond motifs is 1. The van der Waals surface area contributed by atoms with Crippen molar-refractivity contribution in [1.29, 1.82) is 0 Å². The van der Waals surface area contributed by atoms with E-state index in [4.69, 9.17) is 16.1 Å². The number of pyridine rings is 1. The second-order valence-corrected chi connectivity index (χ2v) is 9.13. The highest BCUT2D eigenvalue weighted by Crippen LogP contribution is 2.31. The van der Waals surface area contributed by atoms with Crippen LogP contribution in [0.4, 0.5) is 4.39 Å². The number of aromatic nitrogens is 3. The highest BCUT2D eigenvalue weighted by molar-refractivity contribution is 6.30. The molecule has 0 aliphatic heterocycles. The predicted octanol–water partition coefficient (Wildman–Crippen LogP) is 6.22. The van der Waals surface area contributed by atoms with E-state index in [1.807, 2.05) is 60.9 Å². The summed E-state index contributed by atoms with van der Waals surface area (Å²) in [6.07, 6.45) is 1.76. The number of nitrogens with zero attached hydrogens (tertiary/aromatic N) is 3. The summed E-state index contributed by atoms with van der Waals surface area (Å²) in [6, 6.07) is 21.2. The Kier molecular flexibility index (Phi) is 5.54. The third kappa shape index (κ3) is 4.01. The van der Waals surface area contributed by atoms with Gasteiger partial charge >= 0.3 is 0 Å². The molecule has 0 saturated carbocycles. The van der Waals surface area contributed by atoms with Crippen molar-refractivity contribution in [2.24, 2.45) is 0 Å². The molecule has 0 aliphatic rings. The molecule has 34 heavy (non-hydrogen) atoms. The Bertz CT molecular complexity index is 1540. The number of benzene rings is 3. The summed E-state index contributed by atoms with van der Waals surface area (Å²) >= 11 is 6.03. The Labute approximate surface area is 200 Å². The molecule has 7 heteroatoms. The number of hydrogen-bond donors (Lipinski definition) is 0. The third-order valence-electron chi connectivity index (χ3n) is 6.02. The molecule has 5 nitrogen and oxygen atoms in total. The normalized spacial score (nSPS) is 11.8. The quantitative estimate of drug-likeness (QED) is 0.304. The maximum Gasteiger partial charge on any atom is 0.237 e. The van der Waals surface area contributed by atoms with E-state index in [2.05, 4.69) is 10.1 Å². The van der Waals surface area contributed by atoms with Gasteiger partial charge in [-0.25, -0.2) is 4.39 Å². The zero-order chi connectivity index (χ0) is 23.9. The van der Waals surface area contributed by atoms with Crippen LogP contribution in [0.2, 0.25) is 5.02 Å². The minimum atomic E-state index is -0.669. The van der Waals surface area contributed by atoms with Crippen LogP contribution >= 0.6 is 11.6 Å². The molecule has 2 aromatic heterocycles. The number of para-hydroxylation sites is 1. The van der Waals surface area contributed by atoms with Crippen molar-refractivity contribution < 1.29 is 8.91 Å². The topological polar surface area (TPSA) is 60.9 Å². The maximum absolute atomic E-state index is 13.4. The summed E-state index contributed by atoms with van der Waals surface area (Å²) in [5.41, 5.74) is 2.17. The summed E-state index contributed by atoms with van der Waals surface area (Å²) in [5.74, 6) is 0.236. The first-order valence-electron chi connectivity index (χ1n) is 10.8. The van der Waals surface area contributed by atoms with Crippen molar-refractivity contribution in [2.45, 2.75) is 25.8 Å². The van der Waals surface area contributed by atoms with Crippen LogP contribution in [0, 0.1) is 5.82 Å². The van der Waals surface area contributed by atoms with E-state index in [1.165, 1.54) is 12.1 Å². The minimum absolute atomic E-state index is 0.171. The summed E-state index contributed by atoms with van der Waals surface area (Å²) in [6.45, 7) is 4.37. The van der Waals surface area contributed by atoms with Gasteiger partial charge < -0.3 is 9.09 Å². The Balaban J connectivity index is 1.60. The highest BCUT2D eigenvalue weighted by atomic mass is 35.5. The zero-order valence-electron chi connectivity index (χ0n) is 18.6. The van der Waals surface area contributed by atoms with Crippen LogP contribution in [0.3, 0.4) is 0 Å². The summed E-state index contributed by atoms with van der Waals surface area (Å²) < 4.78 is 21.0. The largest absolute Gasteiger partial charge is 0.342 e. The average Bonchev–Trinajstić information content (AvgIpc) is 3.34. The van der Waals surface area contributed by atoms with E-state index in [0.29, 0.717) is 28.4 Å². The van der Waals surface area contributed by atoms with Gasteiger partial charge in [-0.3, -0.25) is 4.79 Å². The minimum Gasteiger partial charge on any atom is -0.342 e. The summed E-state index contributed by atoms with van der Waals surface area (Å²) in [7, 11) is 0. The highest BCUT2D eigenvalue weighted by Gasteiger charge is 2.30. The average molecular weight is 474 g/mol. The van der Waals surface area contributed by atoms with Gasteiger partial charge in [0.15, 0.2) is 0 Å².